The van der Waals surface area contributed by atoms with Crippen LogP contribution in [0.5, 0.6) is 0 Å². The van der Waals surface area contributed by atoms with E-state index in [1.807, 2.05) is 0 Å². The van der Waals surface area contributed by atoms with Crippen molar-refractivity contribution in [2.75, 3.05) is 13.1 Å². The highest BCUT2D eigenvalue weighted by Gasteiger charge is 2.36. The van der Waals surface area contributed by atoms with Crippen LogP contribution >= 0.6 is 0 Å². The highest BCUT2D eigenvalue weighted by Crippen LogP contribution is 2.28. The second-order valence-electron chi connectivity index (χ2n) is 5.28. The Morgan fingerprint density at radius 1 is 1.30 bits per heavy atom. The fourth-order valence-electron chi connectivity index (χ4n) is 2.43. The number of furan rings is 1. The molecule has 0 radical (unpaired) electrons. The second kappa shape index (κ2) is 5.24. The Morgan fingerprint density at radius 3 is 2.87 bits per heavy atom. The number of nitrogens with zero attached hydrogens (tertiary/aromatic N) is 3. The smallest absolute Gasteiger partial charge is 0.255 e. The number of pyridine rings is 1. The number of aromatic nitrogens is 3. The van der Waals surface area contributed by atoms with Gasteiger partial charge in [-0.25, -0.2) is 0 Å². The number of amides is 1. The summed E-state index contributed by atoms with van der Waals surface area (Å²) in [7, 11) is 0. The molecule has 116 valence electrons. The molecule has 1 fully saturated rings. The lowest BCUT2D eigenvalue weighted by atomic mass is 9.99. The van der Waals surface area contributed by atoms with Crippen LogP contribution in [0.3, 0.4) is 0 Å². The van der Waals surface area contributed by atoms with E-state index in [4.69, 9.17) is 8.94 Å². The summed E-state index contributed by atoms with van der Waals surface area (Å²) in [6.45, 7) is 0.996. The van der Waals surface area contributed by atoms with Gasteiger partial charge in [0.25, 0.3) is 5.91 Å². The van der Waals surface area contributed by atoms with Gasteiger partial charge in [0.1, 0.15) is 0 Å². The van der Waals surface area contributed by atoms with Crippen LogP contribution in [0.25, 0.3) is 11.6 Å². The molecule has 4 heterocycles. The fourth-order valence-corrected chi connectivity index (χ4v) is 2.43. The minimum atomic E-state index is -0.237. The van der Waals surface area contributed by atoms with Crippen LogP contribution in [0.2, 0.25) is 0 Å². The summed E-state index contributed by atoms with van der Waals surface area (Å²) in [6.07, 6.45) is 2.96. The van der Waals surface area contributed by atoms with Gasteiger partial charge in [0.2, 0.25) is 17.3 Å². The van der Waals surface area contributed by atoms with Crippen molar-refractivity contribution in [1.29, 1.82) is 0 Å². The molecule has 8 nitrogen and oxygen atoms in total. The summed E-state index contributed by atoms with van der Waals surface area (Å²) < 4.78 is 10.4. The van der Waals surface area contributed by atoms with Crippen molar-refractivity contribution in [2.45, 2.75) is 5.92 Å². The second-order valence-corrected chi connectivity index (χ2v) is 5.28. The van der Waals surface area contributed by atoms with Gasteiger partial charge >= 0.3 is 0 Å². The largest absolute Gasteiger partial charge is 0.461 e. The zero-order valence-electron chi connectivity index (χ0n) is 11.9. The molecule has 1 saturated heterocycles. The number of carbonyl (C=O) groups excluding carboxylic acids is 1. The molecule has 0 bridgehead atoms. The van der Waals surface area contributed by atoms with E-state index >= 15 is 0 Å². The first kappa shape index (κ1) is 13.5. The molecule has 3 aromatic rings. The highest BCUT2D eigenvalue weighted by molar-refractivity contribution is 5.94. The van der Waals surface area contributed by atoms with Crippen molar-refractivity contribution < 1.29 is 13.7 Å². The maximum Gasteiger partial charge on any atom is 0.255 e. The van der Waals surface area contributed by atoms with Gasteiger partial charge in [-0.15, -0.1) is 0 Å². The topological polar surface area (TPSA) is 105 Å². The van der Waals surface area contributed by atoms with Gasteiger partial charge in [0.05, 0.1) is 17.7 Å². The standard InChI is InChI=1S/C15H12N4O4/c20-12-4-3-9(6-16-12)15(21)19-7-10(8-19)14-17-13(18-23-14)11-2-1-5-22-11/h1-6,10H,7-8H2,(H,16,20). The summed E-state index contributed by atoms with van der Waals surface area (Å²) >= 11 is 0. The van der Waals surface area contributed by atoms with E-state index in [2.05, 4.69) is 15.1 Å². The third-order valence-electron chi connectivity index (χ3n) is 3.73. The van der Waals surface area contributed by atoms with Crippen LogP contribution in [0.15, 0.2) is 50.5 Å². The Hall–Kier alpha value is -3.16. The van der Waals surface area contributed by atoms with Gasteiger partial charge in [-0.1, -0.05) is 5.16 Å². The number of likely N-dealkylation sites (tertiary alicyclic amines) is 1. The third kappa shape index (κ3) is 2.44. The van der Waals surface area contributed by atoms with Crippen LogP contribution in [0.1, 0.15) is 22.2 Å². The van der Waals surface area contributed by atoms with Crippen LogP contribution in [-0.4, -0.2) is 39.0 Å². The summed E-state index contributed by atoms with van der Waals surface area (Å²) in [4.78, 5) is 31.7. The minimum absolute atomic E-state index is 0.0120. The van der Waals surface area contributed by atoms with Gasteiger partial charge in [-0.3, -0.25) is 9.59 Å². The van der Waals surface area contributed by atoms with Crippen LogP contribution < -0.4 is 5.56 Å². The predicted molar refractivity (Wildman–Crippen MR) is 77.7 cm³/mol. The summed E-state index contributed by atoms with van der Waals surface area (Å²) in [5, 5.41) is 3.88. The molecule has 0 unspecified atom stereocenters. The molecular weight excluding hydrogens is 300 g/mol. The molecule has 1 aliphatic rings. The van der Waals surface area contributed by atoms with E-state index < -0.39 is 0 Å². The molecule has 0 saturated carbocycles. The van der Waals surface area contributed by atoms with E-state index in [1.54, 1.807) is 23.3 Å². The first-order chi connectivity index (χ1) is 11.2. The summed E-state index contributed by atoms with van der Waals surface area (Å²) in [6, 6.07) is 6.34. The quantitative estimate of drug-likeness (QED) is 0.780. The average Bonchev–Trinajstić information content (AvgIpc) is 3.17. The number of hydrogen-bond donors (Lipinski definition) is 1. The van der Waals surface area contributed by atoms with Crippen LogP contribution in [0, 0.1) is 0 Å². The highest BCUT2D eigenvalue weighted by atomic mass is 16.5. The first-order valence-electron chi connectivity index (χ1n) is 7.06. The lowest BCUT2D eigenvalue weighted by Crippen LogP contribution is -2.48. The third-order valence-corrected chi connectivity index (χ3v) is 3.73. The van der Waals surface area contributed by atoms with E-state index in [-0.39, 0.29) is 17.4 Å². The Labute approximate surface area is 129 Å². The van der Waals surface area contributed by atoms with Gasteiger partial charge in [-0.2, -0.15) is 4.98 Å². The lowest BCUT2D eigenvalue weighted by molar-refractivity contribution is 0.0568. The molecule has 3 aromatic heterocycles. The molecule has 0 atom stereocenters. The molecule has 0 aliphatic carbocycles. The number of hydrogen-bond acceptors (Lipinski definition) is 6. The van der Waals surface area contributed by atoms with Crippen molar-refractivity contribution >= 4 is 5.91 Å². The average molecular weight is 312 g/mol. The van der Waals surface area contributed by atoms with Crippen molar-refractivity contribution in [1.82, 2.24) is 20.0 Å². The molecule has 1 aliphatic heterocycles. The normalized spacial score (nSPS) is 14.7. The van der Waals surface area contributed by atoms with Gasteiger partial charge in [0, 0.05) is 25.4 Å². The number of carbonyl (C=O) groups is 1. The van der Waals surface area contributed by atoms with E-state index in [1.165, 1.54) is 18.3 Å². The van der Waals surface area contributed by atoms with E-state index in [0.717, 1.165) is 0 Å². The number of H-pyrrole nitrogens is 1. The predicted octanol–water partition coefficient (Wildman–Crippen LogP) is 1.26. The Bertz CT molecular complexity index is 870. The van der Waals surface area contributed by atoms with Gasteiger partial charge < -0.3 is 18.8 Å². The molecule has 1 N–H and O–H groups in total. The number of rotatable bonds is 3. The van der Waals surface area contributed by atoms with E-state index in [0.29, 0.717) is 36.1 Å². The van der Waals surface area contributed by atoms with Crippen molar-refractivity contribution in [3.63, 3.8) is 0 Å². The Kier molecular flexibility index (Phi) is 3.07. The SMILES string of the molecule is O=C(c1ccc(=O)[nH]c1)N1CC(c2nc(-c3ccco3)no2)C1. The molecule has 1 amide bonds. The monoisotopic (exact) mass is 312 g/mol. The fraction of sp³-hybridized carbons (Fsp3) is 0.200. The van der Waals surface area contributed by atoms with Crippen LogP contribution in [-0.2, 0) is 0 Å². The van der Waals surface area contributed by atoms with Gasteiger partial charge in [-0.05, 0) is 18.2 Å². The Balaban J connectivity index is 1.42. The van der Waals surface area contributed by atoms with E-state index in [9.17, 15) is 9.59 Å². The van der Waals surface area contributed by atoms with Gasteiger partial charge in [0.15, 0.2) is 5.76 Å². The molecule has 8 heteroatoms. The Morgan fingerprint density at radius 2 is 2.17 bits per heavy atom. The number of aromatic amines is 1. The van der Waals surface area contributed by atoms with Crippen molar-refractivity contribution in [2.24, 2.45) is 0 Å². The first-order valence-corrected chi connectivity index (χ1v) is 7.06. The molecule has 0 spiro atoms. The summed E-state index contributed by atoms with van der Waals surface area (Å²) in [5.74, 6) is 1.30. The maximum atomic E-state index is 12.2. The maximum absolute atomic E-state index is 12.2. The van der Waals surface area contributed by atoms with Crippen LogP contribution in [0.4, 0.5) is 0 Å². The zero-order valence-corrected chi connectivity index (χ0v) is 11.9. The summed E-state index contributed by atoms with van der Waals surface area (Å²) in [5.41, 5.74) is 0.212. The molecule has 0 aromatic carbocycles. The minimum Gasteiger partial charge on any atom is -0.461 e. The van der Waals surface area contributed by atoms with Crippen molar-refractivity contribution in [3.05, 3.63) is 58.5 Å². The number of nitrogens with one attached hydrogen (secondary N) is 1. The molecular formula is C15H12N4O4. The van der Waals surface area contributed by atoms with Crippen molar-refractivity contribution in [3.8, 4) is 11.6 Å². The zero-order chi connectivity index (χ0) is 15.8. The molecule has 4 rings (SSSR count). The lowest BCUT2D eigenvalue weighted by Gasteiger charge is -2.37. The molecule has 23 heavy (non-hydrogen) atoms.